The van der Waals surface area contributed by atoms with Gasteiger partial charge in [0.15, 0.2) is 0 Å². The smallest absolute Gasteiger partial charge is 0.143 e. The fourth-order valence-corrected chi connectivity index (χ4v) is 8.43. The van der Waals surface area contributed by atoms with Crippen LogP contribution in [-0.2, 0) is 0 Å². The first kappa shape index (κ1) is 24.8. The zero-order chi connectivity index (χ0) is 29.5. The van der Waals surface area contributed by atoms with Crippen molar-refractivity contribution in [3.63, 3.8) is 0 Å². The van der Waals surface area contributed by atoms with Crippen LogP contribution in [-0.4, -0.2) is 0 Å². The van der Waals surface area contributed by atoms with Crippen LogP contribution < -0.4 is 4.90 Å². The van der Waals surface area contributed by atoms with Gasteiger partial charge in [0.25, 0.3) is 0 Å². The van der Waals surface area contributed by atoms with Gasteiger partial charge in [0.2, 0.25) is 0 Å². The van der Waals surface area contributed by atoms with E-state index >= 15 is 0 Å². The second-order valence-electron chi connectivity index (χ2n) is 11.7. The van der Waals surface area contributed by atoms with Crippen LogP contribution in [0.4, 0.5) is 17.1 Å². The molecule has 0 saturated carbocycles. The van der Waals surface area contributed by atoms with Crippen molar-refractivity contribution in [1.29, 1.82) is 0 Å². The van der Waals surface area contributed by atoms with Crippen LogP contribution in [0.2, 0.25) is 0 Å². The molecule has 2 aromatic heterocycles. The number of thiophene rings is 1. The van der Waals surface area contributed by atoms with Gasteiger partial charge in [-0.05, 0) is 75.5 Å². The molecule has 2 nitrogen and oxygen atoms in total. The van der Waals surface area contributed by atoms with Gasteiger partial charge < -0.3 is 9.32 Å². The number of anilines is 3. The predicted molar refractivity (Wildman–Crippen MR) is 194 cm³/mol. The number of fused-ring (bicyclic) bond motifs is 13. The molecule has 2 heterocycles. The maximum atomic E-state index is 6.49. The quantitative estimate of drug-likeness (QED) is 0.190. The SMILES string of the molecule is c1ccc(N(c2ccc3c(ccc4c3c3ccccc3c3oc5ccccc5c43)c2)c2cccc3sc4ccccc4c23)cc1. The average molecular weight is 592 g/mol. The molecule has 3 heteroatoms. The second kappa shape index (κ2) is 9.43. The highest BCUT2D eigenvalue weighted by atomic mass is 32.1. The summed E-state index contributed by atoms with van der Waals surface area (Å²) in [5.41, 5.74) is 5.34. The first-order valence-corrected chi connectivity index (χ1v) is 16.1. The molecule has 0 aliphatic rings. The molecule has 0 fully saturated rings. The third-order valence-electron chi connectivity index (χ3n) is 9.20. The highest BCUT2D eigenvalue weighted by Gasteiger charge is 2.20. The van der Waals surface area contributed by atoms with Gasteiger partial charge in [0.1, 0.15) is 11.2 Å². The number of nitrogens with zero attached hydrogens (tertiary/aromatic N) is 1. The van der Waals surface area contributed by atoms with Crippen LogP contribution in [0.25, 0.3) is 74.4 Å². The number of benzene rings is 8. The van der Waals surface area contributed by atoms with E-state index in [0.29, 0.717) is 0 Å². The summed E-state index contributed by atoms with van der Waals surface area (Å²) in [6.07, 6.45) is 0. The molecular weight excluding hydrogens is 567 g/mol. The van der Waals surface area contributed by atoms with E-state index < -0.39 is 0 Å². The predicted octanol–water partition coefficient (Wildman–Crippen LogP) is 12.9. The van der Waals surface area contributed by atoms with Crippen LogP contribution in [0, 0.1) is 0 Å². The average Bonchev–Trinajstić information content (AvgIpc) is 3.68. The van der Waals surface area contributed by atoms with Crippen molar-refractivity contribution in [2.45, 2.75) is 0 Å². The van der Waals surface area contributed by atoms with E-state index in [1.54, 1.807) is 0 Å². The zero-order valence-corrected chi connectivity index (χ0v) is 25.0. The molecule has 10 rings (SSSR count). The zero-order valence-electron chi connectivity index (χ0n) is 24.2. The Morgan fingerprint density at radius 1 is 0.422 bits per heavy atom. The molecule has 0 aliphatic heterocycles. The van der Waals surface area contributed by atoms with Crippen molar-refractivity contribution in [2.24, 2.45) is 0 Å². The highest BCUT2D eigenvalue weighted by Crippen LogP contribution is 2.47. The third kappa shape index (κ3) is 3.56. The van der Waals surface area contributed by atoms with E-state index in [9.17, 15) is 0 Å². The Balaban J connectivity index is 1.28. The van der Waals surface area contributed by atoms with Crippen molar-refractivity contribution in [3.05, 3.63) is 152 Å². The molecule has 0 aliphatic carbocycles. The van der Waals surface area contributed by atoms with Crippen LogP contribution in [0.5, 0.6) is 0 Å². The fraction of sp³-hybridized carbons (Fsp3) is 0. The van der Waals surface area contributed by atoms with Crippen molar-refractivity contribution in [3.8, 4) is 0 Å². The van der Waals surface area contributed by atoms with Crippen LogP contribution >= 0.6 is 11.3 Å². The van der Waals surface area contributed by atoms with E-state index in [-0.39, 0.29) is 0 Å². The lowest BCUT2D eigenvalue weighted by molar-refractivity contribution is 0.673. The van der Waals surface area contributed by atoms with Crippen LogP contribution in [0.15, 0.2) is 156 Å². The number of furan rings is 1. The van der Waals surface area contributed by atoms with Crippen molar-refractivity contribution < 1.29 is 4.42 Å². The van der Waals surface area contributed by atoms with Gasteiger partial charge in [0, 0.05) is 47.7 Å². The molecule has 0 radical (unpaired) electrons. The molecule has 210 valence electrons. The minimum Gasteiger partial charge on any atom is -0.455 e. The molecule has 8 aromatic carbocycles. The Hall–Kier alpha value is -5.64. The van der Waals surface area contributed by atoms with E-state index in [1.807, 2.05) is 17.4 Å². The standard InChI is InChI=1S/C42H25NOS/c1-2-11-27(12-3-1)43(35-17-10-20-38-41(35)33-16-7-9-19-37(33)45-38)28-22-24-29-26(25-28)21-23-34-39(29)30-13-4-5-14-31(30)42-40(34)32-15-6-8-18-36(32)44-42/h1-25H. The normalized spacial score (nSPS) is 12.0. The van der Waals surface area contributed by atoms with Gasteiger partial charge in [-0.1, -0.05) is 103 Å². The lowest BCUT2D eigenvalue weighted by Gasteiger charge is -2.27. The van der Waals surface area contributed by atoms with Gasteiger partial charge in [-0.15, -0.1) is 11.3 Å². The molecule has 0 atom stereocenters. The number of hydrogen-bond acceptors (Lipinski definition) is 3. The summed E-state index contributed by atoms with van der Waals surface area (Å²) in [4.78, 5) is 2.41. The van der Waals surface area contributed by atoms with Gasteiger partial charge in [-0.2, -0.15) is 0 Å². The summed E-state index contributed by atoms with van der Waals surface area (Å²) in [6.45, 7) is 0. The molecule has 0 N–H and O–H groups in total. The Bertz CT molecular complexity index is 2770. The second-order valence-corrected chi connectivity index (χ2v) is 12.7. The largest absolute Gasteiger partial charge is 0.455 e. The summed E-state index contributed by atoms with van der Waals surface area (Å²) in [6, 6.07) is 54.7. The van der Waals surface area contributed by atoms with Crippen LogP contribution in [0.3, 0.4) is 0 Å². The summed E-state index contributed by atoms with van der Waals surface area (Å²) >= 11 is 1.86. The van der Waals surface area contributed by atoms with Crippen molar-refractivity contribution in [1.82, 2.24) is 0 Å². The molecule has 0 saturated heterocycles. The van der Waals surface area contributed by atoms with Gasteiger partial charge in [-0.3, -0.25) is 0 Å². The summed E-state index contributed by atoms with van der Waals surface area (Å²) < 4.78 is 9.09. The fourth-order valence-electron chi connectivity index (χ4n) is 7.30. The third-order valence-corrected chi connectivity index (χ3v) is 10.3. The lowest BCUT2D eigenvalue weighted by atomic mass is 9.92. The van der Waals surface area contributed by atoms with Gasteiger partial charge >= 0.3 is 0 Å². The van der Waals surface area contributed by atoms with E-state index in [4.69, 9.17) is 4.42 Å². The lowest BCUT2D eigenvalue weighted by Crippen LogP contribution is -2.10. The first-order valence-electron chi connectivity index (χ1n) is 15.3. The topological polar surface area (TPSA) is 16.4 Å². The highest BCUT2D eigenvalue weighted by molar-refractivity contribution is 7.26. The minimum absolute atomic E-state index is 0.925. The number of hydrogen-bond donors (Lipinski definition) is 0. The van der Waals surface area contributed by atoms with Gasteiger partial charge in [-0.25, -0.2) is 0 Å². The summed E-state index contributed by atoms with van der Waals surface area (Å²) in [7, 11) is 0. The molecule has 45 heavy (non-hydrogen) atoms. The first-order chi connectivity index (χ1) is 22.3. The Morgan fingerprint density at radius 2 is 1.13 bits per heavy atom. The maximum absolute atomic E-state index is 6.49. The van der Waals surface area contributed by atoms with Gasteiger partial charge in [0.05, 0.1) is 5.69 Å². The molecule has 0 unspecified atom stereocenters. The molecular formula is C42H25NOS. The van der Waals surface area contributed by atoms with Crippen molar-refractivity contribution in [2.75, 3.05) is 4.90 Å². The number of para-hydroxylation sites is 2. The van der Waals surface area contributed by atoms with E-state index in [0.717, 1.165) is 33.3 Å². The van der Waals surface area contributed by atoms with E-state index in [1.165, 1.54) is 58.2 Å². The summed E-state index contributed by atoms with van der Waals surface area (Å²) in [5.74, 6) is 0. The van der Waals surface area contributed by atoms with E-state index in [2.05, 4.69) is 150 Å². The number of rotatable bonds is 3. The molecule has 10 aromatic rings. The molecule has 0 amide bonds. The van der Waals surface area contributed by atoms with Crippen molar-refractivity contribution >= 4 is 103 Å². The molecule has 0 spiro atoms. The van der Waals surface area contributed by atoms with Crippen LogP contribution in [0.1, 0.15) is 0 Å². The Morgan fingerprint density at radius 3 is 2.02 bits per heavy atom. The molecule has 0 bridgehead atoms. The minimum atomic E-state index is 0.925. The Labute approximate surface area is 263 Å². The maximum Gasteiger partial charge on any atom is 0.143 e. The summed E-state index contributed by atoms with van der Waals surface area (Å²) in [5, 5.41) is 12.2. The monoisotopic (exact) mass is 591 g/mol. The Kier molecular flexibility index (Phi) is 5.19.